The van der Waals surface area contributed by atoms with E-state index in [1.54, 1.807) is 0 Å². The summed E-state index contributed by atoms with van der Waals surface area (Å²) in [5, 5.41) is 3.38. The first-order valence-electron chi connectivity index (χ1n) is 7.11. The Morgan fingerprint density at radius 1 is 1.48 bits per heavy atom. The van der Waals surface area contributed by atoms with Crippen LogP contribution in [0.2, 0.25) is 0 Å². The predicted molar refractivity (Wildman–Crippen MR) is 102 cm³/mol. The lowest BCUT2D eigenvalue weighted by molar-refractivity contribution is 0.470. The van der Waals surface area contributed by atoms with Gasteiger partial charge in [0.2, 0.25) is 0 Å². The molecule has 0 amide bonds. The number of rotatable bonds is 7. The Kier molecular flexibility index (Phi) is 10.9. The van der Waals surface area contributed by atoms with Gasteiger partial charge in [-0.3, -0.25) is 9.98 Å². The Labute approximate surface area is 145 Å². The van der Waals surface area contributed by atoms with Gasteiger partial charge in [0.1, 0.15) is 0 Å². The van der Waals surface area contributed by atoms with E-state index in [0.29, 0.717) is 0 Å². The van der Waals surface area contributed by atoms with Gasteiger partial charge in [0.25, 0.3) is 0 Å². The van der Waals surface area contributed by atoms with Gasteiger partial charge in [0, 0.05) is 39.1 Å². The second-order valence-electron chi connectivity index (χ2n) is 4.88. The summed E-state index contributed by atoms with van der Waals surface area (Å²) in [6.07, 6.45) is 6.98. The van der Waals surface area contributed by atoms with Crippen molar-refractivity contribution in [3.8, 4) is 0 Å². The van der Waals surface area contributed by atoms with Gasteiger partial charge < -0.3 is 10.2 Å². The van der Waals surface area contributed by atoms with Crippen molar-refractivity contribution in [3.63, 3.8) is 0 Å². The van der Waals surface area contributed by atoms with Gasteiger partial charge in [0.05, 0.1) is 0 Å². The van der Waals surface area contributed by atoms with Crippen LogP contribution in [0.4, 0.5) is 0 Å². The molecule has 1 aromatic rings. The third-order valence-electron chi connectivity index (χ3n) is 3.14. The van der Waals surface area contributed by atoms with Crippen molar-refractivity contribution in [1.29, 1.82) is 0 Å². The molecular weight excluding hydrogens is 375 g/mol. The summed E-state index contributed by atoms with van der Waals surface area (Å²) in [6.45, 7) is 7.59. The number of pyridine rings is 1. The Balaban J connectivity index is 0.00000400. The van der Waals surface area contributed by atoms with Crippen LogP contribution in [0.3, 0.4) is 0 Å². The summed E-state index contributed by atoms with van der Waals surface area (Å²) >= 11 is 0. The summed E-state index contributed by atoms with van der Waals surface area (Å²) in [5.74, 6) is 0.939. The quantitative estimate of drug-likeness (QED) is 0.251. The predicted octanol–water partition coefficient (Wildman–Crippen LogP) is 3.02. The van der Waals surface area contributed by atoms with Crippen LogP contribution in [0.15, 0.2) is 36.0 Å². The molecule has 0 aromatic carbocycles. The van der Waals surface area contributed by atoms with Gasteiger partial charge in [-0.2, -0.15) is 0 Å². The van der Waals surface area contributed by atoms with E-state index in [2.05, 4.69) is 39.9 Å². The number of aryl methyl sites for hydroxylation is 1. The average molecular weight is 402 g/mol. The Bertz CT molecular complexity index is 428. The number of halogens is 1. The largest absolute Gasteiger partial charge is 0.356 e. The zero-order chi connectivity index (χ0) is 14.8. The van der Waals surface area contributed by atoms with Crippen LogP contribution in [0.25, 0.3) is 0 Å². The number of nitrogens with one attached hydrogen (secondary N) is 1. The van der Waals surface area contributed by atoms with Crippen molar-refractivity contribution < 1.29 is 0 Å². The highest BCUT2D eigenvalue weighted by atomic mass is 127. The van der Waals surface area contributed by atoms with Crippen molar-refractivity contribution in [2.24, 2.45) is 4.99 Å². The zero-order valence-electron chi connectivity index (χ0n) is 13.3. The number of unbranched alkanes of at least 4 members (excludes halogenated alkanes) is 1. The molecule has 0 saturated heterocycles. The Morgan fingerprint density at radius 2 is 2.24 bits per heavy atom. The van der Waals surface area contributed by atoms with E-state index in [-0.39, 0.29) is 24.0 Å². The molecule has 0 aliphatic rings. The average Bonchev–Trinajstić information content (AvgIpc) is 2.45. The minimum absolute atomic E-state index is 0. The summed E-state index contributed by atoms with van der Waals surface area (Å²) in [4.78, 5) is 10.8. The van der Waals surface area contributed by atoms with E-state index in [1.165, 1.54) is 5.56 Å². The van der Waals surface area contributed by atoms with Crippen LogP contribution < -0.4 is 5.32 Å². The van der Waals surface area contributed by atoms with Gasteiger partial charge in [-0.1, -0.05) is 12.1 Å². The van der Waals surface area contributed by atoms with Gasteiger partial charge in [0.15, 0.2) is 5.96 Å². The number of hydrogen-bond donors (Lipinski definition) is 1. The fourth-order valence-corrected chi connectivity index (χ4v) is 1.93. The zero-order valence-corrected chi connectivity index (χ0v) is 15.6. The second kappa shape index (κ2) is 11.5. The van der Waals surface area contributed by atoms with Crippen LogP contribution in [0, 0.1) is 6.92 Å². The number of allylic oxidation sites excluding steroid dienone is 1. The van der Waals surface area contributed by atoms with Gasteiger partial charge in [-0.05, 0) is 37.8 Å². The lowest BCUT2D eigenvalue weighted by Crippen LogP contribution is -2.40. The third-order valence-corrected chi connectivity index (χ3v) is 3.14. The van der Waals surface area contributed by atoms with Crippen molar-refractivity contribution in [3.05, 3.63) is 42.2 Å². The standard InChI is InChI=1S/C16H26N4.HI/c1-5-6-7-12-20(4)16(17-3)18-11-10-15-9-8-14(2)19-13-15;/h5,8-9,13H,1,6-7,10-12H2,2-4H3,(H,17,18);1H. The highest BCUT2D eigenvalue weighted by Gasteiger charge is 2.04. The van der Waals surface area contributed by atoms with Crippen molar-refractivity contribution >= 4 is 29.9 Å². The van der Waals surface area contributed by atoms with Crippen LogP contribution in [0.5, 0.6) is 0 Å². The maximum absolute atomic E-state index is 4.30. The smallest absolute Gasteiger partial charge is 0.193 e. The molecule has 0 radical (unpaired) electrons. The summed E-state index contributed by atoms with van der Waals surface area (Å²) in [5.41, 5.74) is 2.30. The monoisotopic (exact) mass is 402 g/mol. The molecule has 1 aromatic heterocycles. The van der Waals surface area contributed by atoms with Crippen LogP contribution in [-0.2, 0) is 6.42 Å². The van der Waals surface area contributed by atoms with Crippen LogP contribution >= 0.6 is 24.0 Å². The number of nitrogens with zero attached hydrogens (tertiary/aromatic N) is 3. The molecule has 0 unspecified atom stereocenters. The maximum atomic E-state index is 4.30. The molecule has 0 aliphatic carbocycles. The number of aromatic nitrogens is 1. The number of aliphatic imine (C=N–C) groups is 1. The summed E-state index contributed by atoms with van der Waals surface area (Å²) < 4.78 is 0. The lowest BCUT2D eigenvalue weighted by Gasteiger charge is -2.21. The Hall–Kier alpha value is -1.11. The Morgan fingerprint density at radius 3 is 2.81 bits per heavy atom. The molecule has 1 N–H and O–H groups in total. The first-order valence-corrected chi connectivity index (χ1v) is 7.11. The topological polar surface area (TPSA) is 40.5 Å². The van der Waals surface area contributed by atoms with E-state index >= 15 is 0 Å². The first-order chi connectivity index (χ1) is 9.67. The first kappa shape index (κ1) is 19.9. The fourth-order valence-electron chi connectivity index (χ4n) is 1.93. The highest BCUT2D eigenvalue weighted by molar-refractivity contribution is 14.0. The molecule has 0 saturated carbocycles. The second-order valence-corrected chi connectivity index (χ2v) is 4.88. The molecule has 0 aliphatic heterocycles. The molecule has 4 nitrogen and oxygen atoms in total. The number of hydrogen-bond acceptors (Lipinski definition) is 2. The third kappa shape index (κ3) is 8.04. The molecule has 0 bridgehead atoms. The maximum Gasteiger partial charge on any atom is 0.193 e. The molecule has 0 fully saturated rings. The fraction of sp³-hybridized carbons (Fsp3) is 0.500. The molecular formula is C16H27IN4. The molecule has 21 heavy (non-hydrogen) atoms. The molecule has 0 atom stereocenters. The summed E-state index contributed by atoms with van der Waals surface area (Å²) in [6, 6.07) is 4.17. The van der Waals surface area contributed by atoms with Gasteiger partial charge in [-0.25, -0.2) is 0 Å². The van der Waals surface area contributed by atoms with E-state index in [1.807, 2.05) is 32.3 Å². The van der Waals surface area contributed by atoms with E-state index in [9.17, 15) is 0 Å². The SMILES string of the molecule is C=CCCCN(C)C(=NC)NCCc1ccc(C)nc1.I. The normalized spacial score (nSPS) is 10.7. The minimum Gasteiger partial charge on any atom is -0.356 e. The molecule has 0 spiro atoms. The van der Waals surface area contributed by atoms with Crippen molar-refractivity contribution in [1.82, 2.24) is 15.2 Å². The minimum atomic E-state index is 0. The molecule has 5 heteroatoms. The van der Waals surface area contributed by atoms with E-state index in [0.717, 1.165) is 44.0 Å². The van der Waals surface area contributed by atoms with Crippen LogP contribution in [0.1, 0.15) is 24.1 Å². The van der Waals surface area contributed by atoms with Crippen LogP contribution in [-0.4, -0.2) is 43.0 Å². The van der Waals surface area contributed by atoms with E-state index < -0.39 is 0 Å². The van der Waals surface area contributed by atoms with E-state index in [4.69, 9.17) is 0 Å². The lowest BCUT2D eigenvalue weighted by atomic mass is 10.2. The van der Waals surface area contributed by atoms with Gasteiger partial charge >= 0.3 is 0 Å². The molecule has 1 heterocycles. The number of guanidine groups is 1. The summed E-state index contributed by atoms with van der Waals surface area (Å²) in [7, 11) is 3.88. The van der Waals surface area contributed by atoms with Gasteiger partial charge in [-0.15, -0.1) is 30.6 Å². The van der Waals surface area contributed by atoms with Crippen molar-refractivity contribution in [2.45, 2.75) is 26.2 Å². The molecule has 1 rings (SSSR count). The highest BCUT2D eigenvalue weighted by Crippen LogP contribution is 2.00. The molecule has 118 valence electrons. The van der Waals surface area contributed by atoms with Crippen molar-refractivity contribution in [2.75, 3.05) is 27.2 Å².